The molecule has 2 atom stereocenters. The first-order valence-corrected chi connectivity index (χ1v) is 6.80. The second-order valence-electron chi connectivity index (χ2n) is 4.65. The second kappa shape index (κ2) is 5.36. The molecule has 0 bridgehead atoms. The Kier molecular flexibility index (Phi) is 4.05. The monoisotopic (exact) mass is 300 g/mol. The van der Waals surface area contributed by atoms with E-state index in [-0.39, 0.29) is 5.82 Å². The quantitative estimate of drug-likeness (QED) is 0.902. The van der Waals surface area contributed by atoms with Crippen molar-refractivity contribution in [2.24, 2.45) is 0 Å². The van der Waals surface area contributed by atoms with Crippen LogP contribution in [-0.4, -0.2) is 25.7 Å². The third-order valence-electron chi connectivity index (χ3n) is 3.52. The van der Waals surface area contributed by atoms with Crippen LogP contribution in [0.3, 0.4) is 0 Å². The second-order valence-corrected chi connectivity index (χ2v) is 5.51. The van der Waals surface area contributed by atoms with Crippen molar-refractivity contribution < 1.29 is 4.39 Å². The summed E-state index contributed by atoms with van der Waals surface area (Å²) in [5, 5.41) is 3.33. The lowest BCUT2D eigenvalue weighted by atomic mass is 9.98. The molecule has 2 nitrogen and oxygen atoms in total. The Morgan fingerprint density at radius 1 is 1.47 bits per heavy atom. The average molecular weight is 301 g/mol. The summed E-state index contributed by atoms with van der Waals surface area (Å²) >= 11 is 3.24. The Morgan fingerprint density at radius 2 is 2.24 bits per heavy atom. The van der Waals surface area contributed by atoms with Gasteiger partial charge in [0.1, 0.15) is 5.82 Å². The third-order valence-corrected chi connectivity index (χ3v) is 4.13. The molecule has 94 valence electrons. The molecule has 0 aliphatic carbocycles. The Hall–Kier alpha value is -0.610. The van der Waals surface area contributed by atoms with Crippen LogP contribution in [0.25, 0.3) is 0 Å². The number of benzene rings is 1. The van der Waals surface area contributed by atoms with Crippen LogP contribution in [0.1, 0.15) is 19.8 Å². The number of anilines is 1. The first-order chi connectivity index (χ1) is 8.11. The van der Waals surface area contributed by atoms with Gasteiger partial charge in [0.05, 0.1) is 4.47 Å². The van der Waals surface area contributed by atoms with Gasteiger partial charge in [-0.05, 0) is 60.9 Å². The van der Waals surface area contributed by atoms with E-state index in [4.69, 9.17) is 0 Å². The first-order valence-electron chi connectivity index (χ1n) is 6.00. The molecule has 17 heavy (non-hydrogen) atoms. The lowest BCUT2D eigenvalue weighted by molar-refractivity contribution is 0.387. The van der Waals surface area contributed by atoms with Crippen LogP contribution in [-0.2, 0) is 0 Å². The van der Waals surface area contributed by atoms with Gasteiger partial charge in [0, 0.05) is 24.3 Å². The van der Waals surface area contributed by atoms with Crippen molar-refractivity contribution in [3.05, 3.63) is 28.5 Å². The minimum atomic E-state index is -0.202. The van der Waals surface area contributed by atoms with Crippen molar-refractivity contribution in [3.63, 3.8) is 0 Å². The Morgan fingerprint density at radius 3 is 2.82 bits per heavy atom. The van der Waals surface area contributed by atoms with E-state index in [1.165, 1.54) is 6.07 Å². The smallest absolute Gasteiger partial charge is 0.137 e. The molecule has 2 rings (SSSR count). The van der Waals surface area contributed by atoms with Gasteiger partial charge in [0.15, 0.2) is 0 Å². The zero-order valence-electron chi connectivity index (χ0n) is 10.2. The molecule has 0 radical (unpaired) electrons. The summed E-state index contributed by atoms with van der Waals surface area (Å²) in [4.78, 5) is 2.35. The number of piperidine rings is 1. The van der Waals surface area contributed by atoms with Crippen molar-refractivity contribution in [1.82, 2.24) is 5.32 Å². The number of hydrogen-bond donors (Lipinski definition) is 1. The van der Waals surface area contributed by atoms with E-state index in [1.807, 2.05) is 19.2 Å². The van der Waals surface area contributed by atoms with Crippen LogP contribution in [0.4, 0.5) is 10.1 Å². The van der Waals surface area contributed by atoms with Crippen LogP contribution in [0, 0.1) is 5.82 Å². The Labute approximate surface area is 110 Å². The highest BCUT2D eigenvalue weighted by atomic mass is 79.9. The van der Waals surface area contributed by atoms with Crippen molar-refractivity contribution in [2.75, 3.05) is 18.5 Å². The van der Waals surface area contributed by atoms with E-state index >= 15 is 0 Å². The highest BCUT2D eigenvalue weighted by Crippen LogP contribution is 2.28. The van der Waals surface area contributed by atoms with Crippen LogP contribution < -0.4 is 10.2 Å². The van der Waals surface area contributed by atoms with E-state index < -0.39 is 0 Å². The van der Waals surface area contributed by atoms with Crippen LogP contribution in [0.5, 0.6) is 0 Å². The van der Waals surface area contributed by atoms with Crippen molar-refractivity contribution in [1.29, 1.82) is 0 Å². The summed E-state index contributed by atoms with van der Waals surface area (Å²) in [6, 6.07) is 6.33. The number of rotatable bonds is 2. The summed E-state index contributed by atoms with van der Waals surface area (Å²) in [5.41, 5.74) is 1.10. The fourth-order valence-electron chi connectivity index (χ4n) is 2.48. The number of hydrogen-bond acceptors (Lipinski definition) is 2. The molecule has 1 aromatic rings. The molecule has 1 aliphatic rings. The van der Waals surface area contributed by atoms with E-state index in [0.717, 1.165) is 25.1 Å². The van der Waals surface area contributed by atoms with E-state index in [2.05, 4.69) is 33.1 Å². The Balaban J connectivity index is 2.14. The molecule has 1 aromatic carbocycles. The first kappa shape index (κ1) is 12.8. The third kappa shape index (κ3) is 2.80. The molecule has 1 aliphatic heterocycles. The highest BCUT2D eigenvalue weighted by molar-refractivity contribution is 9.10. The zero-order valence-corrected chi connectivity index (χ0v) is 11.8. The van der Waals surface area contributed by atoms with E-state index in [1.54, 1.807) is 0 Å². The molecule has 4 heteroatoms. The van der Waals surface area contributed by atoms with E-state index in [0.29, 0.717) is 16.6 Å². The van der Waals surface area contributed by atoms with Gasteiger partial charge >= 0.3 is 0 Å². The van der Waals surface area contributed by atoms with Gasteiger partial charge in [0.2, 0.25) is 0 Å². The normalized spacial score (nSPS) is 25.1. The van der Waals surface area contributed by atoms with Crippen LogP contribution in [0.15, 0.2) is 22.7 Å². The largest absolute Gasteiger partial charge is 0.369 e. The standard InChI is InChI=1S/C13H18BrFN2/c1-9-7-10(16-2)5-6-17(9)11-3-4-13(15)12(14)8-11/h3-4,8-10,16H,5-7H2,1-2H3. The van der Waals surface area contributed by atoms with Gasteiger partial charge < -0.3 is 10.2 Å². The molecule has 1 fully saturated rings. The number of nitrogens with zero attached hydrogens (tertiary/aromatic N) is 1. The van der Waals surface area contributed by atoms with Crippen molar-refractivity contribution >= 4 is 21.6 Å². The fraction of sp³-hybridized carbons (Fsp3) is 0.538. The maximum absolute atomic E-state index is 13.2. The summed E-state index contributed by atoms with van der Waals surface area (Å²) in [6.07, 6.45) is 2.27. The van der Waals surface area contributed by atoms with Gasteiger partial charge in [-0.25, -0.2) is 4.39 Å². The molecular weight excluding hydrogens is 283 g/mol. The van der Waals surface area contributed by atoms with Crippen molar-refractivity contribution in [2.45, 2.75) is 31.8 Å². The summed E-state index contributed by atoms with van der Waals surface area (Å²) in [5.74, 6) is -0.202. The zero-order chi connectivity index (χ0) is 12.4. The number of nitrogens with one attached hydrogen (secondary N) is 1. The average Bonchev–Trinajstić information content (AvgIpc) is 2.32. The SMILES string of the molecule is CNC1CCN(c2ccc(F)c(Br)c2)C(C)C1. The van der Waals surface area contributed by atoms with Crippen LogP contribution >= 0.6 is 15.9 Å². The highest BCUT2D eigenvalue weighted by Gasteiger charge is 2.24. The fourth-order valence-corrected chi connectivity index (χ4v) is 2.85. The molecule has 2 unspecified atom stereocenters. The summed E-state index contributed by atoms with van der Waals surface area (Å²) < 4.78 is 13.7. The number of halogens is 2. The minimum absolute atomic E-state index is 0.202. The molecular formula is C13H18BrFN2. The predicted octanol–water partition coefficient (Wildman–Crippen LogP) is 3.16. The predicted molar refractivity (Wildman–Crippen MR) is 73.0 cm³/mol. The van der Waals surface area contributed by atoms with Gasteiger partial charge in [-0.1, -0.05) is 0 Å². The van der Waals surface area contributed by atoms with E-state index in [9.17, 15) is 4.39 Å². The molecule has 1 heterocycles. The summed E-state index contributed by atoms with van der Waals surface area (Å²) in [6.45, 7) is 3.24. The molecule has 0 spiro atoms. The van der Waals surface area contributed by atoms with Gasteiger partial charge in [-0.3, -0.25) is 0 Å². The van der Waals surface area contributed by atoms with Gasteiger partial charge in [0.25, 0.3) is 0 Å². The molecule has 0 amide bonds. The lowest BCUT2D eigenvalue weighted by Gasteiger charge is -2.39. The molecule has 1 saturated heterocycles. The molecule has 0 aromatic heterocycles. The van der Waals surface area contributed by atoms with Gasteiger partial charge in [-0.2, -0.15) is 0 Å². The molecule has 1 N–H and O–H groups in total. The topological polar surface area (TPSA) is 15.3 Å². The van der Waals surface area contributed by atoms with Crippen molar-refractivity contribution in [3.8, 4) is 0 Å². The maximum atomic E-state index is 13.2. The molecule has 0 saturated carbocycles. The lowest BCUT2D eigenvalue weighted by Crippen LogP contribution is -2.46. The van der Waals surface area contributed by atoms with Crippen LogP contribution in [0.2, 0.25) is 0 Å². The van der Waals surface area contributed by atoms with Gasteiger partial charge in [-0.15, -0.1) is 0 Å². The Bertz CT molecular complexity index is 397. The maximum Gasteiger partial charge on any atom is 0.137 e. The minimum Gasteiger partial charge on any atom is -0.369 e. The summed E-state index contributed by atoms with van der Waals surface area (Å²) in [7, 11) is 2.02.